The summed E-state index contributed by atoms with van der Waals surface area (Å²) in [5.41, 5.74) is 8.79. The molecule has 0 aromatic heterocycles. The smallest absolute Gasteiger partial charge is 0.270 e. The van der Waals surface area contributed by atoms with Crippen LogP contribution in [0.4, 0.5) is 8.78 Å². The van der Waals surface area contributed by atoms with Crippen molar-refractivity contribution in [3.05, 3.63) is 65.4 Å². The van der Waals surface area contributed by atoms with Crippen molar-refractivity contribution in [2.75, 3.05) is 0 Å². The largest absolute Gasteiger partial charge is 0.405 e. The fourth-order valence-corrected chi connectivity index (χ4v) is 1.83. The normalized spacial score (nSPS) is 13.5. The second-order valence-electron chi connectivity index (χ2n) is 4.58. The van der Waals surface area contributed by atoms with E-state index >= 15 is 0 Å². The standard InChI is InChI=1S/C16H19F2N/c1-5-11(2)14(8-9-19)15-10-13(16(4,17)18)7-6-12(15)3/h5-10H,1,19H2,2-4H3/b9-8-,14-11+. The molecular formula is C16H19F2N. The fourth-order valence-electron chi connectivity index (χ4n) is 1.83. The Hall–Kier alpha value is -1.90. The van der Waals surface area contributed by atoms with Crippen LogP contribution in [0, 0.1) is 6.92 Å². The molecule has 1 aromatic rings. The Morgan fingerprint density at radius 1 is 1.37 bits per heavy atom. The van der Waals surface area contributed by atoms with Crippen molar-refractivity contribution in [1.82, 2.24) is 0 Å². The maximum Gasteiger partial charge on any atom is 0.270 e. The van der Waals surface area contributed by atoms with Crippen LogP contribution in [0.3, 0.4) is 0 Å². The number of hydrogen-bond donors (Lipinski definition) is 1. The minimum Gasteiger partial charge on any atom is -0.405 e. The van der Waals surface area contributed by atoms with E-state index in [9.17, 15) is 8.78 Å². The number of benzene rings is 1. The van der Waals surface area contributed by atoms with E-state index < -0.39 is 5.92 Å². The molecule has 102 valence electrons. The molecule has 0 aliphatic rings. The summed E-state index contributed by atoms with van der Waals surface area (Å²) in [6, 6.07) is 4.66. The molecule has 0 spiro atoms. The first-order valence-corrected chi connectivity index (χ1v) is 6.02. The van der Waals surface area contributed by atoms with Crippen LogP contribution in [-0.2, 0) is 5.92 Å². The van der Waals surface area contributed by atoms with E-state index in [1.165, 1.54) is 18.3 Å². The van der Waals surface area contributed by atoms with Gasteiger partial charge in [0.15, 0.2) is 0 Å². The van der Waals surface area contributed by atoms with Crippen LogP contribution in [0.2, 0.25) is 0 Å². The zero-order valence-corrected chi connectivity index (χ0v) is 11.5. The third-order valence-corrected chi connectivity index (χ3v) is 3.03. The van der Waals surface area contributed by atoms with E-state index in [4.69, 9.17) is 5.73 Å². The highest BCUT2D eigenvalue weighted by molar-refractivity contribution is 5.80. The maximum absolute atomic E-state index is 13.4. The Bertz CT molecular complexity index is 534. The van der Waals surface area contributed by atoms with E-state index in [0.717, 1.165) is 29.2 Å². The SMILES string of the molecule is C=C/C(C)=C(\C=C/N)c1cc(C(C)(F)F)ccc1C. The summed E-state index contributed by atoms with van der Waals surface area (Å²) in [5.74, 6) is -2.86. The highest BCUT2D eigenvalue weighted by atomic mass is 19.3. The zero-order chi connectivity index (χ0) is 14.6. The average Bonchev–Trinajstić information content (AvgIpc) is 2.34. The molecule has 1 nitrogen and oxygen atoms in total. The van der Waals surface area contributed by atoms with Crippen molar-refractivity contribution in [2.45, 2.75) is 26.7 Å². The second-order valence-corrected chi connectivity index (χ2v) is 4.58. The van der Waals surface area contributed by atoms with Gasteiger partial charge in [-0.15, -0.1) is 0 Å². The van der Waals surface area contributed by atoms with Gasteiger partial charge in [0.1, 0.15) is 0 Å². The Kier molecular flexibility index (Phi) is 4.65. The van der Waals surface area contributed by atoms with Gasteiger partial charge in [-0.3, -0.25) is 0 Å². The van der Waals surface area contributed by atoms with Gasteiger partial charge >= 0.3 is 0 Å². The van der Waals surface area contributed by atoms with E-state index in [2.05, 4.69) is 6.58 Å². The van der Waals surface area contributed by atoms with Crippen LogP contribution in [0.1, 0.15) is 30.5 Å². The third kappa shape index (κ3) is 3.53. The first-order chi connectivity index (χ1) is 8.81. The monoisotopic (exact) mass is 263 g/mol. The lowest BCUT2D eigenvalue weighted by Gasteiger charge is -2.15. The lowest BCUT2D eigenvalue weighted by Crippen LogP contribution is -2.08. The van der Waals surface area contributed by atoms with Crippen LogP contribution < -0.4 is 5.73 Å². The molecule has 0 unspecified atom stereocenters. The molecule has 0 bridgehead atoms. The highest BCUT2D eigenvalue weighted by Crippen LogP contribution is 2.32. The molecule has 3 heteroatoms. The first kappa shape index (κ1) is 15.2. The van der Waals surface area contributed by atoms with Gasteiger partial charge < -0.3 is 5.73 Å². The number of rotatable bonds is 4. The van der Waals surface area contributed by atoms with Gasteiger partial charge in [0, 0.05) is 12.5 Å². The van der Waals surface area contributed by atoms with Crippen LogP contribution in [0.15, 0.2) is 48.7 Å². The maximum atomic E-state index is 13.4. The van der Waals surface area contributed by atoms with Crippen molar-refractivity contribution in [1.29, 1.82) is 0 Å². The Morgan fingerprint density at radius 2 is 2.00 bits per heavy atom. The van der Waals surface area contributed by atoms with Gasteiger partial charge in [0.05, 0.1) is 0 Å². The molecule has 2 N–H and O–H groups in total. The molecule has 0 atom stereocenters. The van der Waals surface area contributed by atoms with Crippen LogP contribution in [0.5, 0.6) is 0 Å². The van der Waals surface area contributed by atoms with Gasteiger partial charge in [-0.05, 0) is 54.5 Å². The highest BCUT2D eigenvalue weighted by Gasteiger charge is 2.25. The summed E-state index contributed by atoms with van der Waals surface area (Å²) in [7, 11) is 0. The van der Waals surface area contributed by atoms with E-state index in [0.29, 0.717) is 0 Å². The lowest BCUT2D eigenvalue weighted by atomic mass is 9.93. The minimum absolute atomic E-state index is 0.00659. The number of hydrogen-bond acceptors (Lipinski definition) is 1. The topological polar surface area (TPSA) is 26.0 Å². The Labute approximate surface area is 113 Å². The number of aryl methyl sites for hydroxylation is 1. The van der Waals surface area contributed by atoms with Crippen molar-refractivity contribution in [2.24, 2.45) is 5.73 Å². The molecule has 0 aliphatic carbocycles. The van der Waals surface area contributed by atoms with Gasteiger partial charge in [0.2, 0.25) is 0 Å². The third-order valence-electron chi connectivity index (χ3n) is 3.03. The quantitative estimate of drug-likeness (QED) is 0.793. The summed E-state index contributed by atoms with van der Waals surface area (Å²) in [4.78, 5) is 0. The molecule has 19 heavy (non-hydrogen) atoms. The van der Waals surface area contributed by atoms with Gasteiger partial charge in [-0.2, -0.15) is 0 Å². The summed E-state index contributed by atoms with van der Waals surface area (Å²) < 4.78 is 26.8. The zero-order valence-electron chi connectivity index (χ0n) is 11.5. The van der Waals surface area contributed by atoms with Crippen molar-refractivity contribution in [3.63, 3.8) is 0 Å². The summed E-state index contributed by atoms with van der Waals surface area (Å²) >= 11 is 0. The molecule has 0 saturated heterocycles. The van der Waals surface area contributed by atoms with E-state index in [1.54, 1.807) is 18.2 Å². The average molecular weight is 263 g/mol. The van der Waals surface area contributed by atoms with Crippen LogP contribution in [-0.4, -0.2) is 0 Å². The number of nitrogens with two attached hydrogens (primary N) is 1. The molecule has 0 fully saturated rings. The predicted octanol–water partition coefficient (Wildman–Crippen LogP) is 4.54. The minimum atomic E-state index is -2.86. The second kappa shape index (κ2) is 5.83. The predicted molar refractivity (Wildman–Crippen MR) is 76.9 cm³/mol. The number of allylic oxidation sites excluding steroid dienone is 4. The molecule has 0 amide bonds. The van der Waals surface area contributed by atoms with Gasteiger partial charge in [0.25, 0.3) is 5.92 Å². The van der Waals surface area contributed by atoms with Crippen molar-refractivity contribution >= 4 is 5.57 Å². The Balaban J connectivity index is 3.52. The molecule has 0 aliphatic heterocycles. The fraction of sp³-hybridized carbons (Fsp3) is 0.250. The summed E-state index contributed by atoms with van der Waals surface area (Å²) in [6.07, 6.45) is 4.79. The number of alkyl halides is 2. The number of halogens is 2. The van der Waals surface area contributed by atoms with Crippen LogP contribution in [0.25, 0.3) is 5.57 Å². The van der Waals surface area contributed by atoms with E-state index in [-0.39, 0.29) is 5.56 Å². The molecule has 1 rings (SSSR count). The first-order valence-electron chi connectivity index (χ1n) is 6.02. The molecule has 0 heterocycles. The Morgan fingerprint density at radius 3 is 2.47 bits per heavy atom. The van der Waals surface area contributed by atoms with Crippen molar-refractivity contribution < 1.29 is 8.78 Å². The molecule has 0 saturated carbocycles. The van der Waals surface area contributed by atoms with Crippen LogP contribution >= 0.6 is 0 Å². The summed E-state index contributed by atoms with van der Waals surface area (Å²) in [6.45, 7) is 8.36. The molecular weight excluding hydrogens is 244 g/mol. The van der Waals surface area contributed by atoms with Gasteiger partial charge in [-0.1, -0.05) is 24.8 Å². The lowest BCUT2D eigenvalue weighted by molar-refractivity contribution is 0.0174. The summed E-state index contributed by atoms with van der Waals surface area (Å²) in [5, 5.41) is 0. The van der Waals surface area contributed by atoms with Crippen molar-refractivity contribution in [3.8, 4) is 0 Å². The molecule has 0 radical (unpaired) electrons. The molecule has 1 aromatic carbocycles. The van der Waals surface area contributed by atoms with E-state index in [1.807, 2.05) is 13.8 Å². The van der Waals surface area contributed by atoms with Gasteiger partial charge in [-0.25, -0.2) is 8.78 Å².